The fourth-order valence-corrected chi connectivity index (χ4v) is 5.25. The fourth-order valence-electron chi connectivity index (χ4n) is 5.25. The van der Waals surface area contributed by atoms with Gasteiger partial charge in [-0.15, -0.1) is 0 Å². The van der Waals surface area contributed by atoms with E-state index in [1.165, 1.54) is 17.1 Å². The maximum absolute atomic E-state index is 10.9. The number of ether oxygens (including phenoxy) is 3. The van der Waals surface area contributed by atoms with Gasteiger partial charge in [0.1, 0.15) is 6.10 Å². The first kappa shape index (κ1) is 35.4. The Bertz CT molecular complexity index is 570. The number of esters is 1. The van der Waals surface area contributed by atoms with E-state index in [9.17, 15) is 15.2 Å². The summed E-state index contributed by atoms with van der Waals surface area (Å²) in [6, 6.07) is 0. The van der Waals surface area contributed by atoms with E-state index >= 15 is 0 Å². The van der Waals surface area contributed by atoms with Gasteiger partial charge in [-0.1, -0.05) is 14.9 Å². The van der Waals surface area contributed by atoms with Crippen molar-refractivity contribution >= 4 is 5.97 Å². The minimum absolute atomic E-state index is 0. The van der Waals surface area contributed by atoms with Crippen LogP contribution in [0.3, 0.4) is 0 Å². The highest BCUT2D eigenvalue weighted by molar-refractivity contribution is 5.66. The van der Waals surface area contributed by atoms with Crippen molar-refractivity contribution in [1.82, 2.24) is 10.1 Å². The lowest BCUT2D eigenvalue weighted by molar-refractivity contribution is -0.261. The molecule has 2 rings (SSSR count). The SMILES string of the molecule is C.C.CC(=O)OC1CC(C)(C)N(O)C(C)(C)C1.COCCCOC1CC(C)(C)N(O)C(C)(C)C1. The van der Waals surface area contributed by atoms with E-state index in [0.717, 1.165) is 32.5 Å². The summed E-state index contributed by atoms with van der Waals surface area (Å²) >= 11 is 0. The van der Waals surface area contributed by atoms with Gasteiger partial charge in [-0.2, -0.15) is 10.1 Å². The van der Waals surface area contributed by atoms with E-state index in [1.807, 2.05) is 27.7 Å². The summed E-state index contributed by atoms with van der Waals surface area (Å²) in [5.74, 6) is -0.252. The van der Waals surface area contributed by atoms with Gasteiger partial charge < -0.3 is 24.6 Å². The summed E-state index contributed by atoms with van der Waals surface area (Å²) in [6.07, 6.45) is 4.09. The second kappa shape index (κ2) is 13.5. The van der Waals surface area contributed by atoms with Crippen molar-refractivity contribution in [1.29, 1.82) is 0 Å². The van der Waals surface area contributed by atoms with Gasteiger partial charge in [-0.25, -0.2) is 0 Å². The van der Waals surface area contributed by atoms with Crippen LogP contribution in [0.25, 0.3) is 0 Å². The molecule has 0 spiro atoms. The van der Waals surface area contributed by atoms with Gasteiger partial charge in [0, 0.05) is 62.2 Å². The molecule has 2 aliphatic rings. The van der Waals surface area contributed by atoms with Gasteiger partial charge in [-0.3, -0.25) is 4.79 Å². The van der Waals surface area contributed by atoms with Crippen molar-refractivity contribution in [3.8, 4) is 0 Å². The molecule has 0 amide bonds. The molecule has 206 valence electrons. The minimum atomic E-state index is -0.359. The van der Waals surface area contributed by atoms with Gasteiger partial charge in [0.25, 0.3) is 0 Å². The second-order valence-corrected chi connectivity index (χ2v) is 11.8. The van der Waals surface area contributed by atoms with Crippen LogP contribution in [0, 0.1) is 0 Å². The van der Waals surface area contributed by atoms with Crippen molar-refractivity contribution < 1.29 is 29.4 Å². The van der Waals surface area contributed by atoms with Gasteiger partial charge in [0.15, 0.2) is 0 Å². The zero-order chi connectivity index (χ0) is 25.0. The van der Waals surface area contributed by atoms with Crippen molar-refractivity contribution in [3.63, 3.8) is 0 Å². The van der Waals surface area contributed by atoms with E-state index in [0.29, 0.717) is 12.8 Å². The third-order valence-electron chi connectivity index (χ3n) is 6.38. The highest BCUT2D eigenvalue weighted by atomic mass is 16.5. The van der Waals surface area contributed by atoms with Crippen LogP contribution in [0.1, 0.15) is 109 Å². The van der Waals surface area contributed by atoms with Crippen LogP contribution >= 0.6 is 0 Å². The van der Waals surface area contributed by atoms with Crippen molar-refractivity contribution in [2.75, 3.05) is 20.3 Å². The molecule has 0 bridgehead atoms. The largest absolute Gasteiger partial charge is 0.462 e. The Labute approximate surface area is 209 Å². The lowest BCUT2D eigenvalue weighted by Crippen LogP contribution is -2.60. The summed E-state index contributed by atoms with van der Waals surface area (Å²) in [6.45, 7) is 18.9. The van der Waals surface area contributed by atoms with Crippen LogP contribution in [-0.4, -0.2) is 81.2 Å². The summed E-state index contributed by atoms with van der Waals surface area (Å²) in [5, 5.41) is 23.0. The number of hydrogen-bond acceptors (Lipinski definition) is 8. The molecule has 0 saturated carbocycles. The first-order valence-electron chi connectivity index (χ1n) is 11.7. The highest BCUT2D eigenvalue weighted by Gasteiger charge is 2.46. The molecule has 0 atom stereocenters. The standard InChI is InChI=1S/C13H27NO3.C11H21NO3.2CH4/c1-12(2)9-11(17-8-6-7-16-5)10-13(3,4)14(12)15;1-8(13)15-9-6-10(2,3)12(14)11(4,5)7-9;;/h11,15H,6-10H2,1-5H3;9,14H,6-7H2,1-5H3;2*1H4. The van der Waals surface area contributed by atoms with Crippen LogP contribution in [0.15, 0.2) is 0 Å². The Balaban J connectivity index is 0. The average molecular weight is 493 g/mol. The molecule has 0 radical (unpaired) electrons. The van der Waals surface area contributed by atoms with Crippen LogP contribution < -0.4 is 0 Å². The summed E-state index contributed by atoms with van der Waals surface area (Å²) in [7, 11) is 1.70. The number of piperidine rings is 2. The molecule has 0 aliphatic carbocycles. The number of hydrogen-bond donors (Lipinski definition) is 2. The lowest BCUT2D eigenvalue weighted by atomic mass is 9.80. The van der Waals surface area contributed by atoms with Crippen LogP contribution in [0.4, 0.5) is 0 Å². The van der Waals surface area contributed by atoms with E-state index in [2.05, 4.69) is 27.7 Å². The number of nitrogens with zero attached hydrogens (tertiary/aromatic N) is 2. The average Bonchev–Trinajstić information content (AvgIpc) is 2.60. The lowest BCUT2D eigenvalue weighted by Gasteiger charge is -2.51. The Morgan fingerprint density at radius 3 is 1.44 bits per heavy atom. The van der Waals surface area contributed by atoms with Gasteiger partial charge in [-0.05, 0) is 74.7 Å². The number of carbonyl (C=O) groups excluding carboxylic acids is 1. The summed E-state index contributed by atoms with van der Waals surface area (Å²) in [4.78, 5) is 10.9. The Morgan fingerprint density at radius 1 is 0.765 bits per heavy atom. The molecule has 2 N–H and O–H groups in total. The Morgan fingerprint density at radius 2 is 1.12 bits per heavy atom. The number of hydroxylamine groups is 4. The first-order chi connectivity index (χ1) is 14.4. The third kappa shape index (κ3) is 10.1. The Kier molecular flexibility index (Phi) is 14.1. The predicted molar refractivity (Wildman–Crippen MR) is 137 cm³/mol. The van der Waals surface area contributed by atoms with E-state index < -0.39 is 0 Å². The number of carbonyl (C=O) groups is 1. The molecule has 0 unspecified atom stereocenters. The maximum Gasteiger partial charge on any atom is 0.302 e. The van der Waals surface area contributed by atoms with Gasteiger partial charge >= 0.3 is 5.97 Å². The zero-order valence-corrected chi connectivity index (χ0v) is 22.0. The second-order valence-electron chi connectivity index (χ2n) is 11.8. The molecule has 2 fully saturated rings. The molecule has 0 aromatic carbocycles. The van der Waals surface area contributed by atoms with Gasteiger partial charge in [0.2, 0.25) is 0 Å². The van der Waals surface area contributed by atoms with Crippen LogP contribution in [0.5, 0.6) is 0 Å². The third-order valence-corrected chi connectivity index (χ3v) is 6.38. The number of rotatable bonds is 6. The number of methoxy groups -OCH3 is 1. The van der Waals surface area contributed by atoms with Crippen molar-refractivity contribution in [3.05, 3.63) is 0 Å². The topological polar surface area (TPSA) is 91.7 Å². The molecule has 34 heavy (non-hydrogen) atoms. The van der Waals surface area contributed by atoms with Gasteiger partial charge in [0.05, 0.1) is 6.10 Å². The molecule has 2 aliphatic heterocycles. The molecule has 2 heterocycles. The smallest absolute Gasteiger partial charge is 0.302 e. The molecule has 0 aromatic heterocycles. The quantitative estimate of drug-likeness (QED) is 0.361. The molecule has 0 aromatic rings. The predicted octanol–water partition coefficient (Wildman–Crippen LogP) is 5.68. The summed E-state index contributed by atoms with van der Waals surface area (Å²) < 4.78 is 16.1. The molecule has 2 saturated heterocycles. The fraction of sp³-hybridized carbons (Fsp3) is 0.962. The summed E-state index contributed by atoms with van der Waals surface area (Å²) in [5.41, 5.74) is -1.18. The van der Waals surface area contributed by atoms with Crippen molar-refractivity contribution in [2.24, 2.45) is 0 Å². The highest BCUT2D eigenvalue weighted by Crippen LogP contribution is 2.38. The molecular weight excluding hydrogens is 436 g/mol. The van der Waals surface area contributed by atoms with Crippen LogP contribution in [0.2, 0.25) is 0 Å². The maximum atomic E-state index is 10.9. The molecule has 8 nitrogen and oxygen atoms in total. The minimum Gasteiger partial charge on any atom is -0.462 e. The molecule has 8 heteroatoms. The van der Waals surface area contributed by atoms with Crippen molar-refractivity contribution in [2.45, 2.75) is 144 Å². The van der Waals surface area contributed by atoms with E-state index in [4.69, 9.17) is 14.2 Å². The first-order valence-corrected chi connectivity index (χ1v) is 11.7. The monoisotopic (exact) mass is 492 g/mol. The van der Waals surface area contributed by atoms with E-state index in [-0.39, 0.29) is 55.2 Å². The normalized spacial score (nSPS) is 24.1. The zero-order valence-electron chi connectivity index (χ0n) is 22.0. The van der Waals surface area contributed by atoms with E-state index in [1.54, 1.807) is 7.11 Å². The molecular formula is C26H56N2O6. The Hall–Kier alpha value is -0.770. The van der Waals surface area contributed by atoms with Crippen LogP contribution in [-0.2, 0) is 19.0 Å².